The third kappa shape index (κ3) is 3.47. The Labute approximate surface area is 131 Å². The van der Waals surface area contributed by atoms with Crippen molar-refractivity contribution in [1.29, 1.82) is 0 Å². The van der Waals surface area contributed by atoms with Crippen LogP contribution in [0.15, 0.2) is 24.3 Å². The van der Waals surface area contributed by atoms with Crippen LogP contribution in [0.4, 0.5) is 0 Å². The van der Waals surface area contributed by atoms with Crippen LogP contribution in [-0.2, 0) is 13.0 Å². The topological polar surface area (TPSA) is 29.9 Å². The average molecular weight is 304 g/mol. The van der Waals surface area contributed by atoms with Crippen LogP contribution in [0.25, 0.3) is 0 Å². The Balaban J connectivity index is 1.72. The van der Waals surface area contributed by atoms with Crippen molar-refractivity contribution in [1.82, 2.24) is 15.1 Å². The van der Waals surface area contributed by atoms with Gasteiger partial charge in [0.05, 0.1) is 12.2 Å². The lowest BCUT2D eigenvalue weighted by atomic mass is 10.1. The maximum absolute atomic E-state index is 6.25. The van der Waals surface area contributed by atoms with Crippen molar-refractivity contribution in [2.45, 2.75) is 45.7 Å². The van der Waals surface area contributed by atoms with Crippen LogP contribution in [0.2, 0.25) is 5.02 Å². The molecule has 1 aromatic heterocycles. The van der Waals surface area contributed by atoms with Crippen molar-refractivity contribution < 1.29 is 0 Å². The van der Waals surface area contributed by atoms with Gasteiger partial charge in [0.2, 0.25) is 0 Å². The van der Waals surface area contributed by atoms with Gasteiger partial charge >= 0.3 is 0 Å². The molecule has 1 N–H and O–H groups in total. The molecule has 4 heteroatoms. The van der Waals surface area contributed by atoms with Gasteiger partial charge in [-0.2, -0.15) is 5.10 Å². The first kappa shape index (κ1) is 14.6. The van der Waals surface area contributed by atoms with E-state index < -0.39 is 0 Å². The summed E-state index contributed by atoms with van der Waals surface area (Å²) >= 11 is 6.25. The summed E-state index contributed by atoms with van der Waals surface area (Å²) in [6.07, 6.45) is 3.73. The van der Waals surface area contributed by atoms with Gasteiger partial charge in [-0.25, -0.2) is 0 Å². The molecule has 1 saturated carbocycles. The van der Waals surface area contributed by atoms with Gasteiger partial charge in [-0.3, -0.25) is 4.68 Å². The molecule has 112 valence electrons. The molecule has 0 unspecified atom stereocenters. The average Bonchev–Trinajstić information content (AvgIpc) is 3.24. The predicted octanol–water partition coefficient (Wildman–Crippen LogP) is 3.50. The molecule has 0 amide bonds. The number of halogens is 1. The number of nitrogens with zero attached hydrogens (tertiary/aromatic N) is 2. The van der Waals surface area contributed by atoms with Gasteiger partial charge in [0.25, 0.3) is 0 Å². The first-order valence-electron chi connectivity index (χ1n) is 7.65. The van der Waals surface area contributed by atoms with Crippen molar-refractivity contribution in [3.05, 3.63) is 51.8 Å². The lowest BCUT2D eigenvalue weighted by Gasteiger charge is -2.08. The van der Waals surface area contributed by atoms with Gasteiger partial charge < -0.3 is 5.32 Å². The Kier molecular flexibility index (Phi) is 4.32. The minimum atomic E-state index is 0.738. The van der Waals surface area contributed by atoms with Crippen molar-refractivity contribution in [2.24, 2.45) is 0 Å². The molecule has 1 aliphatic carbocycles. The lowest BCUT2D eigenvalue weighted by Crippen LogP contribution is -2.19. The summed E-state index contributed by atoms with van der Waals surface area (Å²) in [6.45, 7) is 6.04. The van der Waals surface area contributed by atoms with Gasteiger partial charge in [-0.05, 0) is 56.8 Å². The SMILES string of the molecule is Cc1nn(Cc2ccccc2Cl)c(C)c1CCNC1CC1. The summed E-state index contributed by atoms with van der Waals surface area (Å²) in [7, 11) is 0. The van der Waals surface area contributed by atoms with Crippen LogP contribution in [0.5, 0.6) is 0 Å². The first-order valence-corrected chi connectivity index (χ1v) is 8.02. The van der Waals surface area contributed by atoms with Crippen LogP contribution < -0.4 is 5.32 Å². The number of rotatable bonds is 6. The number of hydrogen-bond acceptors (Lipinski definition) is 2. The maximum Gasteiger partial charge on any atom is 0.0677 e. The van der Waals surface area contributed by atoms with Crippen LogP contribution in [0, 0.1) is 13.8 Å². The molecule has 0 saturated heterocycles. The summed E-state index contributed by atoms with van der Waals surface area (Å²) in [5, 5.41) is 9.07. The molecule has 0 bridgehead atoms. The van der Waals surface area contributed by atoms with Crippen LogP contribution in [-0.4, -0.2) is 22.4 Å². The number of nitrogens with one attached hydrogen (secondary N) is 1. The van der Waals surface area contributed by atoms with Gasteiger partial charge in [0.15, 0.2) is 0 Å². The molecule has 0 atom stereocenters. The molecule has 0 aliphatic heterocycles. The quantitative estimate of drug-likeness (QED) is 0.885. The molecule has 1 fully saturated rings. The highest BCUT2D eigenvalue weighted by Gasteiger charge is 2.20. The zero-order valence-electron chi connectivity index (χ0n) is 12.7. The van der Waals surface area contributed by atoms with Gasteiger partial charge in [-0.1, -0.05) is 29.8 Å². The Morgan fingerprint density at radius 2 is 2.05 bits per heavy atom. The second kappa shape index (κ2) is 6.20. The second-order valence-electron chi connectivity index (χ2n) is 5.88. The Morgan fingerprint density at radius 1 is 1.29 bits per heavy atom. The van der Waals surface area contributed by atoms with E-state index in [1.54, 1.807) is 0 Å². The number of aryl methyl sites for hydroxylation is 1. The summed E-state index contributed by atoms with van der Waals surface area (Å²) in [5.41, 5.74) is 4.88. The van der Waals surface area contributed by atoms with Gasteiger partial charge in [0.1, 0.15) is 0 Å². The van der Waals surface area contributed by atoms with E-state index in [0.717, 1.165) is 41.8 Å². The fourth-order valence-electron chi connectivity index (χ4n) is 2.73. The predicted molar refractivity (Wildman–Crippen MR) is 87.0 cm³/mol. The van der Waals surface area contributed by atoms with Crippen LogP contribution in [0.1, 0.15) is 35.4 Å². The number of aromatic nitrogens is 2. The Morgan fingerprint density at radius 3 is 2.76 bits per heavy atom. The molecular weight excluding hydrogens is 282 g/mol. The third-order valence-electron chi connectivity index (χ3n) is 4.19. The number of hydrogen-bond donors (Lipinski definition) is 1. The van der Waals surface area contributed by atoms with E-state index in [2.05, 4.69) is 29.9 Å². The Bertz CT molecular complexity index is 629. The normalized spacial score (nSPS) is 14.6. The van der Waals surface area contributed by atoms with E-state index in [1.807, 2.05) is 18.2 Å². The molecular formula is C17H22ClN3. The van der Waals surface area contributed by atoms with E-state index in [1.165, 1.54) is 24.1 Å². The minimum Gasteiger partial charge on any atom is -0.314 e. The van der Waals surface area contributed by atoms with Crippen molar-refractivity contribution in [2.75, 3.05) is 6.54 Å². The second-order valence-corrected chi connectivity index (χ2v) is 6.28. The van der Waals surface area contributed by atoms with E-state index in [9.17, 15) is 0 Å². The summed E-state index contributed by atoms with van der Waals surface area (Å²) < 4.78 is 2.07. The number of benzene rings is 1. The highest BCUT2D eigenvalue weighted by Crippen LogP contribution is 2.21. The van der Waals surface area contributed by atoms with Crippen molar-refractivity contribution in [3.63, 3.8) is 0 Å². The van der Waals surface area contributed by atoms with E-state index in [0.29, 0.717) is 0 Å². The molecule has 1 aromatic carbocycles. The Hall–Kier alpha value is -1.32. The molecule has 0 spiro atoms. The lowest BCUT2D eigenvalue weighted by molar-refractivity contribution is 0.654. The molecule has 1 aliphatic rings. The standard InChI is InChI=1S/C17H22ClN3/c1-12-16(9-10-19-15-7-8-15)13(2)21(20-12)11-14-5-3-4-6-17(14)18/h3-6,15,19H,7-11H2,1-2H3. The molecule has 0 radical (unpaired) electrons. The smallest absolute Gasteiger partial charge is 0.0677 e. The molecule has 21 heavy (non-hydrogen) atoms. The van der Waals surface area contributed by atoms with Crippen LogP contribution in [0.3, 0.4) is 0 Å². The van der Waals surface area contributed by atoms with E-state index >= 15 is 0 Å². The van der Waals surface area contributed by atoms with E-state index in [4.69, 9.17) is 16.7 Å². The third-order valence-corrected chi connectivity index (χ3v) is 4.56. The highest BCUT2D eigenvalue weighted by atomic mass is 35.5. The van der Waals surface area contributed by atoms with Crippen molar-refractivity contribution in [3.8, 4) is 0 Å². The molecule has 3 nitrogen and oxygen atoms in total. The molecule has 2 aromatic rings. The van der Waals surface area contributed by atoms with E-state index in [-0.39, 0.29) is 0 Å². The monoisotopic (exact) mass is 303 g/mol. The fourth-order valence-corrected chi connectivity index (χ4v) is 2.92. The fraction of sp³-hybridized carbons (Fsp3) is 0.471. The molecule has 1 heterocycles. The maximum atomic E-state index is 6.25. The van der Waals surface area contributed by atoms with Gasteiger partial charge in [0, 0.05) is 16.8 Å². The molecule has 3 rings (SSSR count). The highest BCUT2D eigenvalue weighted by molar-refractivity contribution is 6.31. The summed E-state index contributed by atoms with van der Waals surface area (Å²) in [5.74, 6) is 0. The first-order chi connectivity index (χ1) is 10.1. The summed E-state index contributed by atoms with van der Waals surface area (Å²) in [4.78, 5) is 0. The van der Waals surface area contributed by atoms with Crippen LogP contribution >= 0.6 is 11.6 Å². The zero-order chi connectivity index (χ0) is 14.8. The minimum absolute atomic E-state index is 0.738. The van der Waals surface area contributed by atoms with Crippen molar-refractivity contribution >= 4 is 11.6 Å². The summed E-state index contributed by atoms with van der Waals surface area (Å²) in [6, 6.07) is 8.75. The van der Waals surface area contributed by atoms with Gasteiger partial charge in [-0.15, -0.1) is 0 Å². The zero-order valence-corrected chi connectivity index (χ0v) is 13.5. The largest absolute Gasteiger partial charge is 0.314 e.